The van der Waals surface area contributed by atoms with Gasteiger partial charge in [0.2, 0.25) is 5.88 Å². The fraction of sp³-hybridized carbons (Fsp3) is 0.474. The van der Waals surface area contributed by atoms with E-state index in [1.165, 1.54) is 11.1 Å². The summed E-state index contributed by atoms with van der Waals surface area (Å²) in [5.74, 6) is 0.727. The molecule has 1 fully saturated rings. The van der Waals surface area contributed by atoms with Gasteiger partial charge in [0.1, 0.15) is 5.56 Å². The second-order valence-corrected chi connectivity index (χ2v) is 7.19. The topological polar surface area (TPSA) is 50.6 Å². The van der Waals surface area contributed by atoms with Crippen LogP contribution in [0.3, 0.4) is 0 Å². The number of amides is 1. The molecule has 1 amide bonds. The van der Waals surface area contributed by atoms with Crippen LogP contribution in [0.4, 0.5) is 5.69 Å². The largest absolute Gasteiger partial charge is 0.479 e. The molecule has 0 unspecified atom stereocenters. The first-order valence-electron chi connectivity index (χ1n) is 8.70. The summed E-state index contributed by atoms with van der Waals surface area (Å²) in [5, 5.41) is 4.25. The van der Waals surface area contributed by atoms with Gasteiger partial charge >= 0.3 is 0 Å². The van der Waals surface area contributed by atoms with Gasteiger partial charge in [0.05, 0.1) is 7.11 Å². The third kappa shape index (κ3) is 2.52. The number of nitrogens with zero attached hydrogens (tertiary/aromatic N) is 4. The van der Waals surface area contributed by atoms with Gasteiger partial charge in [0, 0.05) is 37.4 Å². The maximum atomic E-state index is 13.4. The maximum absolute atomic E-state index is 13.4. The Bertz CT molecular complexity index is 829. The number of hydrogen-bond acceptors (Lipinski definition) is 4. The van der Waals surface area contributed by atoms with Gasteiger partial charge in [-0.1, -0.05) is 17.7 Å². The van der Waals surface area contributed by atoms with Crippen molar-refractivity contribution in [2.45, 2.75) is 25.3 Å². The number of likely N-dealkylation sites (tertiary alicyclic amines) is 1. The highest BCUT2D eigenvalue weighted by atomic mass is 16.5. The summed E-state index contributed by atoms with van der Waals surface area (Å²) < 4.78 is 6.95. The molecule has 25 heavy (non-hydrogen) atoms. The molecule has 3 heterocycles. The van der Waals surface area contributed by atoms with E-state index in [9.17, 15) is 4.79 Å². The summed E-state index contributed by atoms with van der Waals surface area (Å²) in [6.45, 7) is 4.09. The SMILES string of the molecule is COc1nn(C)cc1C(=O)N1c2ccc(C)cc2[C@@H]2CN(C)CC[C@H]21. The van der Waals surface area contributed by atoms with Crippen molar-refractivity contribution in [3.05, 3.63) is 41.1 Å². The molecule has 132 valence electrons. The molecule has 0 spiro atoms. The molecule has 1 aromatic heterocycles. The zero-order chi connectivity index (χ0) is 17.7. The van der Waals surface area contributed by atoms with Crippen LogP contribution in [0.5, 0.6) is 5.88 Å². The van der Waals surface area contributed by atoms with E-state index < -0.39 is 0 Å². The van der Waals surface area contributed by atoms with Crippen molar-refractivity contribution in [1.82, 2.24) is 14.7 Å². The van der Waals surface area contributed by atoms with Crippen LogP contribution in [0.2, 0.25) is 0 Å². The highest BCUT2D eigenvalue weighted by Crippen LogP contribution is 2.45. The van der Waals surface area contributed by atoms with E-state index in [0.29, 0.717) is 17.4 Å². The van der Waals surface area contributed by atoms with Gasteiger partial charge in [-0.25, -0.2) is 0 Å². The minimum absolute atomic E-state index is 0.0212. The summed E-state index contributed by atoms with van der Waals surface area (Å²) in [6.07, 6.45) is 2.72. The van der Waals surface area contributed by atoms with E-state index in [-0.39, 0.29) is 11.9 Å². The van der Waals surface area contributed by atoms with Gasteiger partial charge in [-0.15, -0.1) is 5.10 Å². The molecule has 6 nitrogen and oxygen atoms in total. The first-order valence-corrected chi connectivity index (χ1v) is 8.70. The molecular formula is C19H24N4O2. The van der Waals surface area contributed by atoms with E-state index in [1.54, 1.807) is 25.0 Å². The van der Waals surface area contributed by atoms with Crippen LogP contribution in [-0.2, 0) is 7.05 Å². The molecule has 2 aliphatic heterocycles. The number of benzene rings is 1. The fourth-order valence-corrected chi connectivity index (χ4v) is 4.24. The molecule has 0 saturated carbocycles. The number of methoxy groups -OCH3 is 1. The Balaban J connectivity index is 1.80. The van der Waals surface area contributed by atoms with Crippen LogP contribution >= 0.6 is 0 Å². The van der Waals surface area contributed by atoms with Crippen molar-refractivity contribution in [3.8, 4) is 5.88 Å². The first kappa shape index (κ1) is 16.1. The van der Waals surface area contributed by atoms with Crippen LogP contribution in [0.1, 0.15) is 33.8 Å². The number of hydrogen-bond donors (Lipinski definition) is 0. The smallest absolute Gasteiger partial charge is 0.265 e. The van der Waals surface area contributed by atoms with Crippen molar-refractivity contribution < 1.29 is 9.53 Å². The average Bonchev–Trinajstić information content (AvgIpc) is 3.12. The molecule has 1 aromatic carbocycles. The molecule has 0 aliphatic carbocycles. The van der Waals surface area contributed by atoms with Gasteiger partial charge in [-0.3, -0.25) is 9.48 Å². The molecular weight excluding hydrogens is 316 g/mol. The summed E-state index contributed by atoms with van der Waals surface area (Å²) in [5.41, 5.74) is 4.08. The Labute approximate surface area is 148 Å². The number of fused-ring (bicyclic) bond motifs is 3. The zero-order valence-corrected chi connectivity index (χ0v) is 15.2. The predicted octanol–water partition coefficient (Wildman–Crippen LogP) is 2.19. The Hall–Kier alpha value is -2.34. The van der Waals surface area contributed by atoms with Gasteiger partial charge in [-0.05, 0) is 38.6 Å². The monoisotopic (exact) mass is 340 g/mol. The van der Waals surface area contributed by atoms with Crippen LogP contribution < -0.4 is 9.64 Å². The lowest BCUT2D eigenvalue weighted by atomic mass is 9.89. The third-order valence-electron chi connectivity index (χ3n) is 5.39. The predicted molar refractivity (Wildman–Crippen MR) is 96.4 cm³/mol. The molecule has 2 aromatic rings. The van der Waals surface area contributed by atoms with Gasteiger partial charge in [0.25, 0.3) is 5.91 Å². The number of likely N-dealkylation sites (N-methyl/N-ethyl adjacent to an activating group) is 1. The molecule has 0 radical (unpaired) electrons. The Kier molecular flexibility index (Phi) is 3.80. The van der Waals surface area contributed by atoms with Crippen LogP contribution in [0, 0.1) is 6.92 Å². The van der Waals surface area contributed by atoms with Gasteiger partial charge in [-0.2, -0.15) is 0 Å². The Morgan fingerprint density at radius 3 is 2.88 bits per heavy atom. The lowest BCUT2D eigenvalue weighted by Gasteiger charge is -2.36. The number of anilines is 1. The first-order chi connectivity index (χ1) is 12.0. The Morgan fingerprint density at radius 1 is 1.32 bits per heavy atom. The quantitative estimate of drug-likeness (QED) is 0.841. The standard InChI is InChI=1S/C19H24N4O2/c1-12-5-6-16-13(9-12)14-10-21(2)8-7-17(14)23(16)19(24)15-11-22(3)20-18(15)25-4/h5-6,9,11,14,17H,7-8,10H2,1-4H3/t14-,17+/m0/s1. The molecule has 0 N–H and O–H groups in total. The summed E-state index contributed by atoms with van der Waals surface area (Å²) in [6, 6.07) is 6.61. The number of aromatic nitrogens is 2. The average molecular weight is 340 g/mol. The van der Waals surface area contributed by atoms with Crippen LogP contribution in [-0.4, -0.2) is 53.9 Å². The van der Waals surface area contributed by atoms with Crippen molar-refractivity contribution in [3.63, 3.8) is 0 Å². The normalized spacial score (nSPS) is 22.6. The van der Waals surface area contributed by atoms with E-state index in [1.807, 2.05) is 4.90 Å². The fourth-order valence-electron chi connectivity index (χ4n) is 4.24. The molecule has 4 rings (SSSR count). The zero-order valence-electron chi connectivity index (χ0n) is 15.2. The molecule has 6 heteroatoms. The third-order valence-corrected chi connectivity index (χ3v) is 5.39. The van der Waals surface area contributed by atoms with Crippen molar-refractivity contribution >= 4 is 11.6 Å². The second kappa shape index (κ2) is 5.88. The maximum Gasteiger partial charge on any atom is 0.265 e. The minimum Gasteiger partial charge on any atom is -0.479 e. The molecule has 2 atom stereocenters. The van der Waals surface area contributed by atoms with Crippen molar-refractivity contribution in [1.29, 1.82) is 0 Å². The van der Waals surface area contributed by atoms with E-state index in [2.05, 4.69) is 42.2 Å². The Morgan fingerprint density at radius 2 is 2.12 bits per heavy atom. The van der Waals surface area contributed by atoms with E-state index in [4.69, 9.17) is 4.74 Å². The molecule has 1 saturated heterocycles. The lowest BCUT2D eigenvalue weighted by Crippen LogP contribution is -2.47. The summed E-state index contributed by atoms with van der Waals surface area (Å²) in [4.78, 5) is 17.7. The van der Waals surface area contributed by atoms with Crippen molar-refractivity contribution in [2.24, 2.45) is 7.05 Å². The van der Waals surface area contributed by atoms with E-state index >= 15 is 0 Å². The number of ether oxygens (including phenoxy) is 1. The van der Waals surface area contributed by atoms with Gasteiger partial charge < -0.3 is 14.5 Å². The van der Waals surface area contributed by atoms with Crippen LogP contribution in [0.15, 0.2) is 24.4 Å². The number of carbonyl (C=O) groups excluding carboxylic acids is 1. The number of rotatable bonds is 2. The second-order valence-electron chi connectivity index (χ2n) is 7.19. The molecule has 0 bridgehead atoms. The van der Waals surface area contributed by atoms with E-state index in [0.717, 1.165) is 25.2 Å². The number of aryl methyl sites for hydroxylation is 2. The summed E-state index contributed by atoms with van der Waals surface area (Å²) in [7, 11) is 5.51. The minimum atomic E-state index is -0.0212. The van der Waals surface area contributed by atoms with Crippen molar-refractivity contribution in [2.75, 3.05) is 32.1 Å². The molecule has 2 aliphatic rings. The number of carbonyl (C=O) groups is 1. The highest BCUT2D eigenvalue weighted by molar-refractivity contribution is 6.09. The summed E-state index contributed by atoms with van der Waals surface area (Å²) >= 11 is 0. The lowest BCUT2D eigenvalue weighted by molar-refractivity contribution is 0.0961. The highest BCUT2D eigenvalue weighted by Gasteiger charge is 2.44. The number of piperidine rings is 1. The van der Waals surface area contributed by atoms with Crippen LogP contribution in [0.25, 0.3) is 0 Å². The van der Waals surface area contributed by atoms with Gasteiger partial charge in [0.15, 0.2) is 0 Å².